The van der Waals surface area contributed by atoms with Gasteiger partial charge in [-0.3, -0.25) is 0 Å². The molecule has 0 aliphatic rings. The van der Waals surface area contributed by atoms with E-state index >= 15 is 0 Å². The zero-order valence-electron chi connectivity index (χ0n) is 11.4. The molecule has 0 aliphatic heterocycles. The van der Waals surface area contributed by atoms with Crippen molar-refractivity contribution < 1.29 is 4.74 Å². The maximum atomic E-state index is 5.55. The molecule has 1 rings (SSSR count). The van der Waals surface area contributed by atoms with Gasteiger partial charge >= 0.3 is 0 Å². The minimum Gasteiger partial charge on any atom is -0.377 e. The summed E-state index contributed by atoms with van der Waals surface area (Å²) in [6, 6.07) is 10.3. The van der Waals surface area contributed by atoms with Crippen molar-refractivity contribution in [2.75, 3.05) is 26.3 Å². The molecule has 0 unspecified atom stereocenters. The highest BCUT2D eigenvalue weighted by Crippen LogP contribution is 2.00. The lowest BCUT2D eigenvalue weighted by molar-refractivity contribution is 0.158. The van der Waals surface area contributed by atoms with Gasteiger partial charge in [0.15, 0.2) is 0 Å². The Morgan fingerprint density at radius 2 is 1.94 bits per heavy atom. The molecule has 18 heavy (non-hydrogen) atoms. The second-order valence-corrected chi connectivity index (χ2v) is 4.35. The number of ether oxygens (including phenoxy) is 1. The predicted molar refractivity (Wildman–Crippen MR) is 78.7 cm³/mol. The van der Waals surface area contributed by atoms with E-state index in [9.17, 15) is 0 Å². The van der Waals surface area contributed by atoms with E-state index in [0.29, 0.717) is 6.61 Å². The molecule has 0 aromatic heterocycles. The first-order valence-electron chi connectivity index (χ1n) is 6.93. The number of hydrogen-bond acceptors (Lipinski definition) is 2. The van der Waals surface area contributed by atoms with Crippen molar-refractivity contribution in [3.05, 3.63) is 42.0 Å². The molecule has 0 aliphatic carbocycles. The van der Waals surface area contributed by atoms with Gasteiger partial charge in [-0.05, 0) is 37.9 Å². The fourth-order valence-corrected chi connectivity index (χ4v) is 1.66. The number of benzene rings is 1. The summed E-state index contributed by atoms with van der Waals surface area (Å²) in [5.41, 5.74) is 1.23. The molecule has 2 nitrogen and oxygen atoms in total. The summed E-state index contributed by atoms with van der Waals surface area (Å²) >= 11 is 0. The van der Waals surface area contributed by atoms with Crippen molar-refractivity contribution in [3.8, 4) is 0 Å². The van der Waals surface area contributed by atoms with Gasteiger partial charge in [0.2, 0.25) is 0 Å². The summed E-state index contributed by atoms with van der Waals surface area (Å²) in [5, 5.41) is 3.39. The fourth-order valence-electron chi connectivity index (χ4n) is 1.66. The van der Waals surface area contributed by atoms with E-state index in [4.69, 9.17) is 4.74 Å². The Morgan fingerprint density at radius 3 is 2.72 bits per heavy atom. The topological polar surface area (TPSA) is 21.3 Å². The van der Waals surface area contributed by atoms with Gasteiger partial charge in [0.1, 0.15) is 0 Å². The minimum atomic E-state index is 0.706. The van der Waals surface area contributed by atoms with Crippen molar-refractivity contribution in [1.29, 1.82) is 0 Å². The van der Waals surface area contributed by atoms with Crippen molar-refractivity contribution in [1.82, 2.24) is 5.32 Å². The van der Waals surface area contributed by atoms with Crippen LogP contribution in [0.1, 0.15) is 31.7 Å². The van der Waals surface area contributed by atoms with Gasteiger partial charge in [-0.25, -0.2) is 0 Å². The molecular formula is C16H25NO. The largest absolute Gasteiger partial charge is 0.377 e. The highest BCUT2D eigenvalue weighted by Gasteiger charge is 1.89. The molecule has 0 spiro atoms. The van der Waals surface area contributed by atoms with E-state index in [0.717, 1.165) is 26.1 Å². The molecule has 0 saturated carbocycles. The second kappa shape index (κ2) is 11.0. The van der Waals surface area contributed by atoms with E-state index in [-0.39, 0.29) is 0 Å². The third-order valence-electron chi connectivity index (χ3n) is 2.64. The smallest absolute Gasteiger partial charge is 0.0650 e. The van der Waals surface area contributed by atoms with Gasteiger partial charge in [0.25, 0.3) is 0 Å². The number of hydrogen-bond donors (Lipinski definition) is 1. The molecule has 0 atom stereocenters. The van der Waals surface area contributed by atoms with Crippen LogP contribution in [-0.4, -0.2) is 26.3 Å². The zero-order chi connectivity index (χ0) is 12.9. The third kappa shape index (κ3) is 8.04. The van der Waals surface area contributed by atoms with Gasteiger partial charge in [-0.1, -0.05) is 49.4 Å². The standard InChI is InChI=1S/C16H25NO/c1-2-12-17-13-6-7-14-18-15-8-11-16-9-4-3-5-10-16/h3-5,8-11,17H,2,6-7,12-15H2,1H3. The first kappa shape index (κ1) is 14.9. The average molecular weight is 247 g/mol. The Morgan fingerprint density at radius 1 is 1.11 bits per heavy atom. The van der Waals surface area contributed by atoms with Crippen LogP contribution in [0.2, 0.25) is 0 Å². The van der Waals surface area contributed by atoms with Crippen LogP contribution < -0.4 is 5.32 Å². The van der Waals surface area contributed by atoms with Crippen LogP contribution in [0.25, 0.3) is 6.08 Å². The Bertz CT molecular complexity index is 308. The minimum absolute atomic E-state index is 0.706. The van der Waals surface area contributed by atoms with Gasteiger partial charge in [-0.15, -0.1) is 0 Å². The van der Waals surface area contributed by atoms with E-state index in [1.807, 2.05) is 18.2 Å². The molecule has 0 saturated heterocycles. The molecule has 0 bridgehead atoms. The van der Waals surface area contributed by atoms with E-state index in [1.165, 1.54) is 18.4 Å². The van der Waals surface area contributed by atoms with Crippen LogP contribution in [0.15, 0.2) is 36.4 Å². The Kier molecular flexibility index (Phi) is 9.13. The maximum Gasteiger partial charge on any atom is 0.0650 e. The SMILES string of the molecule is CCCNCCCCOCC=Cc1ccccc1. The van der Waals surface area contributed by atoms with Gasteiger partial charge in [-0.2, -0.15) is 0 Å². The van der Waals surface area contributed by atoms with E-state index < -0.39 is 0 Å². The number of rotatable bonds is 10. The molecule has 0 radical (unpaired) electrons. The monoisotopic (exact) mass is 247 g/mol. The summed E-state index contributed by atoms with van der Waals surface area (Å²) in [6.45, 7) is 5.98. The number of unbranched alkanes of at least 4 members (excludes halogenated alkanes) is 1. The normalized spacial score (nSPS) is 11.2. The van der Waals surface area contributed by atoms with E-state index in [2.05, 4.69) is 36.5 Å². The quantitative estimate of drug-likeness (QED) is 0.639. The Hall–Kier alpha value is -1.12. The molecule has 100 valence electrons. The van der Waals surface area contributed by atoms with Gasteiger partial charge in [0, 0.05) is 6.61 Å². The molecule has 0 heterocycles. The van der Waals surface area contributed by atoms with Crippen LogP contribution in [0, 0.1) is 0 Å². The summed E-state index contributed by atoms with van der Waals surface area (Å²) < 4.78 is 5.55. The number of nitrogens with one attached hydrogen (secondary N) is 1. The molecule has 2 heteroatoms. The average Bonchev–Trinajstić information content (AvgIpc) is 2.42. The van der Waals surface area contributed by atoms with Crippen molar-refractivity contribution in [2.24, 2.45) is 0 Å². The lowest BCUT2D eigenvalue weighted by atomic mass is 10.2. The summed E-state index contributed by atoms with van der Waals surface area (Å²) in [6.07, 6.45) is 7.71. The van der Waals surface area contributed by atoms with Crippen molar-refractivity contribution in [2.45, 2.75) is 26.2 Å². The maximum absolute atomic E-state index is 5.55. The lowest BCUT2D eigenvalue weighted by Gasteiger charge is -2.03. The van der Waals surface area contributed by atoms with Crippen LogP contribution in [-0.2, 0) is 4.74 Å². The Labute approximate surface area is 111 Å². The van der Waals surface area contributed by atoms with E-state index in [1.54, 1.807) is 0 Å². The van der Waals surface area contributed by atoms with Crippen LogP contribution in [0.4, 0.5) is 0 Å². The highest BCUT2D eigenvalue weighted by atomic mass is 16.5. The second-order valence-electron chi connectivity index (χ2n) is 4.35. The van der Waals surface area contributed by atoms with Gasteiger partial charge in [0.05, 0.1) is 6.61 Å². The summed E-state index contributed by atoms with van der Waals surface area (Å²) in [7, 11) is 0. The molecular weight excluding hydrogens is 222 g/mol. The third-order valence-corrected chi connectivity index (χ3v) is 2.64. The fraction of sp³-hybridized carbons (Fsp3) is 0.500. The Balaban J connectivity index is 1.91. The van der Waals surface area contributed by atoms with Crippen molar-refractivity contribution >= 4 is 6.08 Å². The molecule has 1 aromatic rings. The summed E-state index contributed by atoms with van der Waals surface area (Å²) in [5.74, 6) is 0. The molecule has 1 N–H and O–H groups in total. The molecule has 1 aromatic carbocycles. The zero-order valence-corrected chi connectivity index (χ0v) is 11.4. The highest BCUT2D eigenvalue weighted by molar-refractivity contribution is 5.48. The van der Waals surface area contributed by atoms with Crippen LogP contribution in [0.5, 0.6) is 0 Å². The first-order valence-corrected chi connectivity index (χ1v) is 6.93. The van der Waals surface area contributed by atoms with Gasteiger partial charge < -0.3 is 10.1 Å². The van der Waals surface area contributed by atoms with Crippen molar-refractivity contribution in [3.63, 3.8) is 0 Å². The predicted octanol–water partition coefficient (Wildman–Crippen LogP) is 3.50. The van der Waals surface area contributed by atoms with Crippen LogP contribution in [0.3, 0.4) is 0 Å². The molecule has 0 fully saturated rings. The summed E-state index contributed by atoms with van der Waals surface area (Å²) in [4.78, 5) is 0. The molecule has 0 amide bonds. The first-order chi connectivity index (χ1) is 8.93. The lowest BCUT2D eigenvalue weighted by Crippen LogP contribution is -2.16. The van der Waals surface area contributed by atoms with Crippen LogP contribution >= 0.6 is 0 Å².